The Labute approximate surface area is 467 Å². The molecule has 0 saturated heterocycles. The van der Waals surface area contributed by atoms with Gasteiger partial charge in [-0.3, -0.25) is 14.4 Å². The van der Waals surface area contributed by atoms with Crippen LogP contribution < -0.4 is 0 Å². The molecule has 0 fully saturated rings. The molecule has 0 aromatic carbocycles. The van der Waals surface area contributed by atoms with Gasteiger partial charge in [-0.1, -0.05) is 244 Å². The number of rotatable bonds is 54. The van der Waals surface area contributed by atoms with Gasteiger partial charge in [0.2, 0.25) is 0 Å². The first kappa shape index (κ1) is 71.3. The summed E-state index contributed by atoms with van der Waals surface area (Å²) in [4.78, 5) is 38.1. The Balaban J connectivity index is 4.35. The molecule has 76 heavy (non-hydrogen) atoms. The van der Waals surface area contributed by atoms with Gasteiger partial charge in [0.25, 0.3) is 0 Å². The smallest absolute Gasteiger partial charge is 0.306 e. The zero-order valence-electron chi connectivity index (χ0n) is 49.0. The van der Waals surface area contributed by atoms with Crippen molar-refractivity contribution in [1.82, 2.24) is 0 Å². The second-order valence-corrected chi connectivity index (χ2v) is 19.9. The number of carbonyl (C=O) groups excluding carboxylic acids is 3. The van der Waals surface area contributed by atoms with Crippen LogP contribution in [0.3, 0.4) is 0 Å². The minimum Gasteiger partial charge on any atom is -0.462 e. The van der Waals surface area contributed by atoms with E-state index in [1.807, 2.05) is 0 Å². The summed E-state index contributed by atoms with van der Waals surface area (Å²) in [6.45, 7) is 6.39. The molecule has 0 radical (unpaired) electrons. The van der Waals surface area contributed by atoms with E-state index in [1.165, 1.54) is 64.2 Å². The molecule has 0 aromatic heterocycles. The van der Waals surface area contributed by atoms with Crippen LogP contribution in [0, 0.1) is 0 Å². The van der Waals surface area contributed by atoms with E-state index >= 15 is 0 Å². The second kappa shape index (κ2) is 62.8. The molecule has 0 bridgehead atoms. The molecule has 6 heteroatoms. The molecule has 0 aliphatic heterocycles. The molecule has 0 spiro atoms. The molecule has 0 N–H and O–H groups in total. The number of carbonyl (C=O) groups is 3. The minimum atomic E-state index is -0.805. The van der Waals surface area contributed by atoms with Gasteiger partial charge in [-0.05, 0) is 141 Å². The van der Waals surface area contributed by atoms with E-state index in [9.17, 15) is 14.4 Å². The van der Waals surface area contributed by atoms with Crippen molar-refractivity contribution < 1.29 is 28.6 Å². The lowest BCUT2D eigenvalue weighted by molar-refractivity contribution is -0.167. The normalized spacial score (nSPS) is 13.1. The van der Waals surface area contributed by atoms with E-state index < -0.39 is 6.10 Å². The summed E-state index contributed by atoms with van der Waals surface area (Å²) in [5.41, 5.74) is 0. The third kappa shape index (κ3) is 60.2. The lowest BCUT2D eigenvalue weighted by atomic mass is 10.1. The summed E-state index contributed by atoms with van der Waals surface area (Å²) in [5, 5.41) is 0. The quantitative estimate of drug-likeness (QED) is 0.0261. The van der Waals surface area contributed by atoms with Crippen molar-refractivity contribution in [2.24, 2.45) is 0 Å². The molecule has 1 atom stereocenters. The largest absolute Gasteiger partial charge is 0.462 e. The molecule has 6 nitrogen and oxygen atoms in total. The highest BCUT2D eigenvalue weighted by molar-refractivity contribution is 5.71. The Morgan fingerprint density at radius 2 is 0.539 bits per heavy atom. The number of allylic oxidation sites excluding steroid dienone is 24. The first-order valence-corrected chi connectivity index (χ1v) is 30.8. The van der Waals surface area contributed by atoms with Crippen LogP contribution in [0.5, 0.6) is 0 Å². The van der Waals surface area contributed by atoms with E-state index in [-0.39, 0.29) is 31.1 Å². The van der Waals surface area contributed by atoms with Crippen LogP contribution in [0.25, 0.3) is 0 Å². The highest BCUT2D eigenvalue weighted by Gasteiger charge is 2.19. The summed E-state index contributed by atoms with van der Waals surface area (Å²) in [7, 11) is 0. The lowest BCUT2D eigenvalue weighted by Crippen LogP contribution is -2.30. The van der Waals surface area contributed by atoms with Crippen molar-refractivity contribution >= 4 is 17.9 Å². The van der Waals surface area contributed by atoms with Crippen LogP contribution in [0.15, 0.2) is 146 Å². The Morgan fingerprint density at radius 3 is 0.882 bits per heavy atom. The molecule has 0 rings (SSSR count). The maximum Gasteiger partial charge on any atom is 0.306 e. The van der Waals surface area contributed by atoms with E-state index in [4.69, 9.17) is 14.2 Å². The first-order valence-electron chi connectivity index (χ1n) is 30.8. The van der Waals surface area contributed by atoms with Gasteiger partial charge in [-0.25, -0.2) is 0 Å². The number of hydrogen-bond donors (Lipinski definition) is 0. The van der Waals surface area contributed by atoms with Gasteiger partial charge in [0, 0.05) is 19.3 Å². The molecule has 1 unspecified atom stereocenters. The fourth-order valence-electron chi connectivity index (χ4n) is 7.94. The van der Waals surface area contributed by atoms with Crippen molar-refractivity contribution in [3.8, 4) is 0 Å². The lowest BCUT2D eigenvalue weighted by Gasteiger charge is -2.18. The molecule has 0 saturated carbocycles. The van der Waals surface area contributed by atoms with Gasteiger partial charge in [0.15, 0.2) is 6.10 Å². The van der Waals surface area contributed by atoms with E-state index in [0.29, 0.717) is 19.3 Å². The SMILES string of the molecule is CC/C=C\C/C=C\C/C=C\C/C=C\C/C=C\C/C=C\C/C=C\C/C=C\C/C=C\CCCCCC(=O)OCC(COC(=O)CCCCCCC/C=C\CCC)OC(=O)CCCCCCCCC/C=C\C/C=C\CCCCC. The van der Waals surface area contributed by atoms with Gasteiger partial charge < -0.3 is 14.2 Å². The first-order chi connectivity index (χ1) is 37.5. The molecule has 0 aliphatic carbocycles. The molecular weight excluding hydrogens is 937 g/mol. The molecule has 0 amide bonds. The molecule has 428 valence electrons. The predicted molar refractivity (Wildman–Crippen MR) is 329 cm³/mol. The Morgan fingerprint density at radius 1 is 0.276 bits per heavy atom. The number of hydrogen-bond acceptors (Lipinski definition) is 6. The van der Waals surface area contributed by atoms with Gasteiger partial charge in [-0.2, -0.15) is 0 Å². The van der Waals surface area contributed by atoms with Gasteiger partial charge in [-0.15, -0.1) is 0 Å². The highest BCUT2D eigenvalue weighted by atomic mass is 16.6. The average Bonchev–Trinajstić information content (AvgIpc) is 3.42. The van der Waals surface area contributed by atoms with Crippen molar-refractivity contribution in [2.75, 3.05) is 13.2 Å². The van der Waals surface area contributed by atoms with E-state index in [0.717, 1.165) is 154 Å². The highest BCUT2D eigenvalue weighted by Crippen LogP contribution is 2.14. The Kier molecular flexibility index (Phi) is 58.9. The summed E-state index contributed by atoms with van der Waals surface area (Å²) >= 11 is 0. The zero-order valence-corrected chi connectivity index (χ0v) is 49.0. The van der Waals surface area contributed by atoms with Gasteiger partial charge >= 0.3 is 17.9 Å². The molecule has 0 aliphatic rings. The fraction of sp³-hybridized carbons (Fsp3) is 0.614. The monoisotopic (exact) mass is 1050 g/mol. The van der Waals surface area contributed by atoms with Crippen LogP contribution in [0.4, 0.5) is 0 Å². The number of unbranched alkanes of at least 4 members (excludes halogenated alkanes) is 19. The van der Waals surface area contributed by atoms with Crippen molar-refractivity contribution in [3.05, 3.63) is 146 Å². The van der Waals surface area contributed by atoms with Crippen LogP contribution in [-0.2, 0) is 28.6 Å². The second-order valence-electron chi connectivity index (χ2n) is 19.9. The summed E-state index contributed by atoms with van der Waals surface area (Å²) in [6, 6.07) is 0. The standard InChI is InChI=1S/C70H112O6/c1-4-7-10-13-16-19-22-24-26-28-29-30-31-32-33-34-35-36-37-38-39-40-41-43-44-46-48-51-54-57-60-63-69(72)75-66-67(65-74-68(71)62-59-56-53-50-21-18-15-12-9-6-3)76-70(73)64-61-58-55-52-49-47-45-42-27-25-23-20-17-14-11-8-5-2/h7,10,12,15-17,19-20,24-27,29-30,32-33,35-36,38-39,41,43,46,48,67H,4-6,8-9,11,13-14,18,21-23,28,31,34,37,40,42,44-45,47,49-66H2,1-3H3/b10-7-,15-12-,19-16-,20-17-,26-24-,27-25-,30-29-,33-32-,36-35-,39-38-,43-41-,48-46-. The third-order valence-corrected chi connectivity index (χ3v) is 12.5. The maximum absolute atomic E-state index is 12.9. The minimum absolute atomic E-state index is 0.101. The predicted octanol–water partition coefficient (Wildman–Crippen LogP) is 21.2. The Hall–Kier alpha value is -4.71. The van der Waals surface area contributed by atoms with Crippen molar-refractivity contribution in [3.63, 3.8) is 0 Å². The summed E-state index contributed by atoms with van der Waals surface area (Å²) < 4.78 is 16.8. The topological polar surface area (TPSA) is 78.9 Å². The van der Waals surface area contributed by atoms with Crippen molar-refractivity contribution in [1.29, 1.82) is 0 Å². The van der Waals surface area contributed by atoms with Crippen LogP contribution >= 0.6 is 0 Å². The summed E-state index contributed by atoms with van der Waals surface area (Å²) in [5.74, 6) is -0.958. The van der Waals surface area contributed by atoms with Crippen LogP contribution in [0.1, 0.15) is 258 Å². The van der Waals surface area contributed by atoms with Gasteiger partial charge in [0.05, 0.1) is 0 Å². The van der Waals surface area contributed by atoms with E-state index in [1.54, 1.807) is 0 Å². The van der Waals surface area contributed by atoms with Gasteiger partial charge in [0.1, 0.15) is 13.2 Å². The molecule has 0 heterocycles. The maximum atomic E-state index is 12.9. The van der Waals surface area contributed by atoms with Crippen molar-refractivity contribution in [2.45, 2.75) is 264 Å². The van der Waals surface area contributed by atoms with Crippen LogP contribution in [0.2, 0.25) is 0 Å². The fourth-order valence-corrected chi connectivity index (χ4v) is 7.94. The van der Waals surface area contributed by atoms with E-state index in [2.05, 4.69) is 167 Å². The zero-order chi connectivity index (χ0) is 55.0. The average molecular weight is 1050 g/mol. The molecular formula is C70H112O6. The third-order valence-electron chi connectivity index (χ3n) is 12.5. The number of ether oxygens (including phenoxy) is 3. The summed E-state index contributed by atoms with van der Waals surface area (Å²) in [6.07, 6.45) is 90.0. The molecule has 0 aromatic rings. The Bertz CT molecular complexity index is 1680. The van der Waals surface area contributed by atoms with Crippen LogP contribution in [-0.4, -0.2) is 37.2 Å². The number of esters is 3.